The Morgan fingerprint density at radius 2 is 2.05 bits per heavy atom. The van der Waals surface area contributed by atoms with E-state index in [1.807, 2.05) is 0 Å². The minimum Gasteiger partial charge on any atom is -0.493 e. The van der Waals surface area contributed by atoms with Crippen molar-refractivity contribution in [1.82, 2.24) is 0 Å². The second-order valence-corrected chi connectivity index (χ2v) is 6.08. The van der Waals surface area contributed by atoms with Gasteiger partial charge in [-0.3, -0.25) is 10.1 Å². The van der Waals surface area contributed by atoms with Crippen LogP contribution in [0.25, 0.3) is 0 Å². The third-order valence-electron chi connectivity index (χ3n) is 3.34. The zero-order valence-corrected chi connectivity index (χ0v) is 12.7. The highest BCUT2D eigenvalue weighted by molar-refractivity contribution is 7.80. The predicted octanol–water partition coefficient (Wildman–Crippen LogP) is 3.87. The van der Waals surface area contributed by atoms with Crippen LogP contribution in [0.5, 0.6) is 5.75 Å². The molecule has 0 bridgehead atoms. The first-order valence-electron chi connectivity index (χ1n) is 6.25. The van der Waals surface area contributed by atoms with Crippen LogP contribution in [0.3, 0.4) is 0 Å². The number of hydrogen-bond acceptors (Lipinski definition) is 4. The van der Waals surface area contributed by atoms with Crippen LogP contribution < -0.4 is 4.74 Å². The van der Waals surface area contributed by atoms with E-state index >= 15 is 0 Å². The molecule has 5 heteroatoms. The van der Waals surface area contributed by atoms with Gasteiger partial charge in [-0.1, -0.05) is 26.8 Å². The van der Waals surface area contributed by atoms with Crippen molar-refractivity contribution in [2.45, 2.75) is 27.7 Å². The number of thiol groups is 1. The Morgan fingerprint density at radius 3 is 2.53 bits per heavy atom. The molecule has 1 atom stereocenters. The maximum absolute atomic E-state index is 10.9. The molecule has 0 aliphatic carbocycles. The van der Waals surface area contributed by atoms with Crippen molar-refractivity contribution in [3.63, 3.8) is 0 Å². The molecule has 106 valence electrons. The summed E-state index contributed by atoms with van der Waals surface area (Å²) >= 11 is 4.35. The van der Waals surface area contributed by atoms with Crippen LogP contribution in [-0.2, 0) is 0 Å². The van der Waals surface area contributed by atoms with Gasteiger partial charge in [0.15, 0.2) is 0 Å². The lowest BCUT2D eigenvalue weighted by Crippen LogP contribution is -2.28. The van der Waals surface area contributed by atoms with Gasteiger partial charge < -0.3 is 4.74 Å². The van der Waals surface area contributed by atoms with E-state index in [2.05, 4.69) is 33.4 Å². The zero-order valence-electron chi connectivity index (χ0n) is 11.8. The summed E-state index contributed by atoms with van der Waals surface area (Å²) in [7, 11) is 0. The summed E-state index contributed by atoms with van der Waals surface area (Å²) in [6.45, 7) is 8.63. The highest BCUT2D eigenvalue weighted by Gasteiger charge is 2.24. The SMILES string of the molecule is Cc1c(OCC(CS)C(C)(C)C)cccc1[N+](=O)[O-]. The van der Waals surface area contributed by atoms with Crippen molar-refractivity contribution in [3.05, 3.63) is 33.9 Å². The van der Waals surface area contributed by atoms with Gasteiger partial charge in [0.05, 0.1) is 17.1 Å². The van der Waals surface area contributed by atoms with Gasteiger partial charge in [-0.25, -0.2) is 0 Å². The molecule has 1 unspecified atom stereocenters. The summed E-state index contributed by atoms with van der Waals surface area (Å²) < 4.78 is 5.75. The largest absolute Gasteiger partial charge is 0.493 e. The Labute approximate surface area is 119 Å². The second kappa shape index (κ2) is 6.28. The molecule has 0 N–H and O–H groups in total. The van der Waals surface area contributed by atoms with Gasteiger partial charge in [-0.2, -0.15) is 12.6 Å². The highest BCUT2D eigenvalue weighted by atomic mass is 32.1. The lowest BCUT2D eigenvalue weighted by Gasteiger charge is -2.29. The summed E-state index contributed by atoms with van der Waals surface area (Å²) in [6, 6.07) is 4.90. The van der Waals surface area contributed by atoms with Crippen LogP contribution in [0.2, 0.25) is 0 Å². The summed E-state index contributed by atoms with van der Waals surface area (Å²) in [4.78, 5) is 10.5. The minimum atomic E-state index is -0.387. The predicted molar refractivity (Wildman–Crippen MR) is 80.1 cm³/mol. The van der Waals surface area contributed by atoms with Crippen LogP contribution in [0.15, 0.2) is 18.2 Å². The molecule has 0 heterocycles. The number of nitro groups is 1. The number of nitrogens with zero attached hydrogens (tertiary/aromatic N) is 1. The molecular formula is C14H21NO3S. The first kappa shape index (κ1) is 15.8. The smallest absolute Gasteiger partial charge is 0.276 e. The Balaban J connectivity index is 2.84. The van der Waals surface area contributed by atoms with Gasteiger partial charge in [0.1, 0.15) is 5.75 Å². The molecule has 1 rings (SSSR count). The Hall–Kier alpha value is -1.23. The number of rotatable bonds is 5. The van der Waals surface area contributed by atoms with E-state index in [-0.39, 0.29) is 21.9 Å². The Bertz CT molecular complexity index is 454. The molecular weight excluding hydrogens is 262 g/mol. The van der Waals surface area contributed by atoms with Crippen molar-refractivity contribution in [1.29, 1.82) is 0 Å². The maximum atomic E-state index is 10.9. The molecule has 0 spiro atoms. The molecule has 1 aromatic carbocycles. The summed E-state index contributed by atoms with van der Waals surface area (Å²) in [5.41, 5.74) is 0.756. The first-order chi connectivity index (χ1) is 8.77. The number of ether oxygens (including phenoxy) is 1. The van der Waals surface area contributed by atoms with Crippen molar-refractivity contribution in [2.75, 3.05) is 12.4 Å². The number of benzene rings is 1. The van der Waals surface area contributed by atoms with Crippen molar-refractivity contribution < 1.29 is 9.66 Å². The molecule has 0 radical (unpaired) electrons. The van der Waals surface area contributed by atoms with Crippen molar-refractivity contribution in [3.8, 4) is 5.75 Å². The van der Waals surface area contributed by atoms with Crippen LogP contribution in [0, 0.1) is 28.4 Å². The van der Waals surface area contributed by atoms with E-state index in [0.717, 1.165) is 5.75 Å². The second-order valence-electron chi connectivity index (χ2n) is 5.71. The van der Waals surface area contributed by atoms with Gasteiger partial charge in [0.25, 0.3) is 5.69 Å². The molecule has 0 amide bonds. The normalized spacial score (nSPS) is 13.1. The average molecular weight is 283 g/mol. The van der Waals surface area contributed by atoms with Crippen LogP contribution in [-0.4, -0.2) is 17.3 Å². The Kier molecular flexibility index (Phi) is 5.23. The molecule has 0 saturated carbocycles. The van der Waals surface area contributed by atoms with E-state index in [4.69, 9.17) is 4.74 Å². The molecule has 19 heavy (non-hydrogen) atoms. The van der Waals surface area contributed by atoms with E-state index in [1.54, 1.807) is 19.1 Å². The summed E-state index contributed by atoms with van der Waals surface area (Å²) in [6.07, 6.45) is 0. The van der Waals surface area contributed by atoms with Gasteiger partial charge in [0.2, 0.25) is 0 Å². The zero-order chi connectivity index (χ0) is 14.6. The van der Waals surface area contributed by atoms with Crippen LogP contribution in [0.1, 0.15) is 26.3 Å². The summed E-state index contributed by atoms with van der Waals surface area (Å²) in [5, 5.41) is 10.9. The Morgan fingerprint density at radius 1 is 1.42 bits per heavy atom. The van der Waals surface area contributed by atoms with E-state index < -0.39 is 0 Å². The van der Waals surface area contributed by atoms with Crippen LogP contribution >= 0.6 is 12.6 Å². The quantitative estimate of drug-likeness (QED) is 0.507. The van der Waals surface area contributed by atoms with Gasteiger partial charge in [-0.05, 0) is 24.2 Å². The van der Waals surface area contributed by atoms with E-state index in [9.17, 15) is 10.1 Å². The molecule has 0 fully saturated rings. The topological polar surface area (TPSA) is 52.4 Å². The van der Waals surface area contributed by atoms with E-state index in [0.29, 0.717) is 17.9 Å². The maximum Gasteiger partial charge on any atom is 0.276 e. The average Bonchev–Trinajstić information content (AvgIpc) is 2.29. The standard InChI is InChI=1S/C14H21NO3S/c1-10-12(15(16)17)6-5-7-13(10)18-8-11(9-19)14(2,3)4/h5-7,11,19H,8-9H2,1-4H3. The molecule has 0 aliphatic heterocycles. The minimum absolute atomic E-state index is 0.0932. The van der Waals surface area contributed by atoms with Crippen molar-refractivity contribution >= 4 is 18.3 Å². The van der Waals surface area contributed by atoms with Crippen LogP contribution in [0.4, 0.5) is 5.69 Å². The fraction of sp³-hybridized carbons (Fsp3) is 0.571. The first-order valence-corrected chi connectivity index (χ1v) is 6.88. The van der Waals surface area contributed by atoms with E-state index in [1.165, 1.54) is 6.07 Å². The van der Waals surface area contributed by atoms with Gasteiger partial charge in [0, 0.05) is 12.0 Å². The molecule has 4 nitrogen and oxygen atoms in total. The lowest BCUT2D eigenvalue weighted by molar-refractivity contribution is -0.385. The molecule has 0 saturated heterocycles. The van der Waals surface area contributed by atoms with Gasteiger partial charge in [-0.15, -0.1) is 0 Å². The fourth-order valence-corrected chi connectivity index (χ4v) is 2.38. The highest BCUT2D eigenvalue weighted by Crippen LogP contribution is 2.30. The monoisotopic (exact) mass is 283 g/mol. The molecule has 1 aromatic rings. The fourth-order valence-electron chi connectivity index (χ4n) is 1.72. The van der Waals surface area contributed by atoms with Crippen molar-refractivity contribution in [2.24, 2.45) is 11.3 Å². The molecule has 0 aromatic heterocycles. The summed E-state index contributed by atoms with van der Waals surface area (Å²) in [5.74, 6) is 1.58. The third kappa shape index (κ3) is 4.13. The number of hydrogen-bond donors (Lipinski definition) is 1. The lowest BCUT2D eigenvalue weighted by atomic mass is 9.82. The molecule has 0 aliphatic rings. The number of nitro benzene ring substituents is 1. The van der Waals surface area contributed by atoms with Gasteiger partial charge >= 0.3 is 0 Å². The third-order valence-corrected chi connectivity index (χ3v) is 3.78.